The maximum atomic E-state index is 9.23. The van der Waals surface area contributed by atoms with Gasteiger partial charge in [-0.15, -0.1) is 0 Å². The first-order valence-corrected chi connectivity index (χ1v) is 12.8. The second-order valence-corrected chi connectivity index (χ2v) is 8.93. The molecule has 1 atom stereocenters. The van der Waals surface area contributed by atoms with Gasteiger partial charge in [-0.25, -0.2) is 0 Å². The van der Waals surface area contributed by atoms with Crippen LogP contribution in [0.4, 0.5) is 0 Å². The molecule has 3 nitrogen and oxygen atoms in total. The van der Waals surface area contributed by atoms with Gasteiger partial charge in [-0.3, -0.25) is 0 Å². The van der Waals surface area contributed by atoms with Crippen LogP contribution in [0, 0.1) is 28.6 Å². The van der Waals surface area contributed by atoms with Gasteiger partial charge in [0.1, 0.15) is 17.9 Å². The molecule has 1 rings (SSSR count). The Bertz CT molecular complexity index is 656. The maximum Gasteiger partial charge on any atom is 0.120 e. The number of rotatable bonds is 19. The van der Waals surface area contributed by atoms with Gasteiger partial charge in [-0.1, -0.05) is 104 Å². The van der Waals surface area contributed by atoms with Crippen LogP contribution in [0.2, 0.25) is 0 Å². The molecule has 0 radical (unpaired) electrons. The van der Waals surface area contributed by atoms with Crippen LogP contribution in [-0.2, 0) is 0 Å². The van der Waals surface area contributed by atoms with Crippen molar-refractivity contribution in [1.29, 1.82) is 10.5 Å². The number of nitriles is 2. The quantitative estimate of drug-likeness (QED) is 0.209. The molecule has 0 fully saturated rings. The number of unbranched alkanes of at least 4 members (excludes halogenated alkanes) is 12. The fourth-order valence-electron chi connectivity index (χ4n) is 4.11. The Morgan fingerprint density at radius 3 is 1.65 bits per heavy atom. The molecule has 31 heavy (non-hydrogen) atoms. The van der Waals surface area contributed by atoms with Gasteiger partial charge in [0.15, 0.2) is 0 Å². The van der Waals surface area contributed by atoms with Crippen LogP contribution in [0.3, 0.4) is 0 Å². The third-order valence-electron chi connectivity index (χ3n) is 6.15. The molecule has 0 aromatic heterocycles. The van der Waals surface area contributed by atoms with Crippen LogP contribution in [-0.4, -0.2) is 6.61 Å². The molecule has 0 heterocycles. The predicted octanol–water partition coefficient (Wildman–Crippen LogP) is 8.71. The zero-order valence-electron chi connectivity index (χ0n) is 20.1. The monoisotopic (exact) mass is 424 g/mol. The van der Waals surface area contributed by atoms with Gasteiger partial charge in [-0.05, 0) is 37.0 Å². The number of ether oxygens (including phenoxy) is 1. The van der Waals surface area contributed by atoms with Crippen LogP contribution in [0.25, 0.3) is 0 Å². The minimum Gasteiger partial charge on any atom is -0.493 e. The van der Waals surface area contributed by atoms with E-state index in [0.29, 0.717) is 29.4 Å². The van der Waals surface area contributed by atoms with Crippen molar-refractivity contribution in [1.82, 2.24) is 0 Å². The molecule has 0 saturated heterocycles. The summed E-state index contributed by atoms with van der Waals surface area (Å²) in [5.41, 5.74) is 0.813. The number of hydrogen-bond donors (Lipinski definition) is 0. The van der Waals surface area contributed by atoms with Crippen LogP contribution in [0.1, 0.15) is 128 Å². The molecule has 0 amide bonds. The molecule has 0 spiro atoms. The van der Waals surface area contributed by atoms with E-state index in [1.807, 2.05) is 6.07 Å². The van der Waals surface area contributed by atoms with Crippen LogP contribution in [0.5, 0.6) is 5.75 Å². The van der Waals surface area contributed by atoms with Gasteiger partial charge in [0, 0.05) is 0 Å². The molecule has 0 saturated carbocycles. The zero-order valence-corrected chi connectivity index (χ0v) is 20.1. The Morgan fingerprint density at radius 1 is 0.677 bits per heavy atom. The largest absolute Gasteiger partial charge is 0.493 e. The Morgan fingerprint density at radius 2 is 1.16 bits per heavy atom. The highest BCUT2D eigenvalue weighted by Gasteiger charge is 2.11. The van der Waals surface area contributed by atoms with Crippen LogP contribution < -0.4 is 4.74 Å². The molecule has 0 aliphatic heterocycles. The Balaban J connectivity index is 2.42. The summed E-state index contributed by atoms with van der Waals surface area (Å²) in [6.07, 6.45) is 21.2. The highest BCUT2D eigenvalue weighted by atomic mass is 16.5. The van der Waals surface area contributed by atoms with Gasteiger partial charge < -0.3 is 4.74 Å². The first kappa shape index (κ1) is 27.0. The van der Waals surface area contributed by atoms with Crippen molar-refractivity contribution in [3.8, 4) is 17.9 Å². The molecule has 3 heteroatoms. The summed E-state index contributed by atoms with van der Waals surface area (Å²) in [4.78, 5) is 0. The summed E-state index contributed by atoms with van der Waals surface area (Å²) >= 11 is 0. The summed E-state index contributed by atoms with van der Waals surface area (Å²) < 4.78 is 6.07. The van der Waals surface area contributed by atoms with E-state index in [4.69, 9.17) is 10.00 Å². The summed E-state index contributed by atoms with van der Waals surface area (Å²) in [7, 11) is 0. The van der Waals surface area contributed by atoms with E-state index in [2.05, 4.69) is 26.0 Å². The summed E-state index contributed by atoms with van der Waals surface area (Å²) in [5.74, 6) is 1.28. The molecular formula is C28H44N2O. The minimum absolute atomic E-state index is 0.399. The molecular weight excluding hydrogens is 380 g/mol. The molecule has 172 valence electrons. The normalized spacial score (nSPS) is 11.6. The lowest BCUT2D eigenvalue weighted by Crippen LogP contribution is -2.12. The van der Waals surface area contributed by atoms with Crippen molar-refractivity contribution in [3.05, 3.63) is 29.3 Å². The first-order valence-electron chi connectivity index (χ1n) is 12.8. The molecule has 1 aromatic carbocycles. The van der Waals surface area contributed by atoms with Crippen LogP contribution >= 0.6 is 0 Å². The van der Waals surface area contributed by atoms with Crippen molar-refractivity contribution < 1.29 is 4.74 Å². The highest BCUT2D eigenvalue weighted by molar-refractivity contribution is 5.49. The molecule has 1 aromatic rings. The van der Waals surface area contributed by atoms with E-state index in [9.17, 15) is 5.26 Å². The Kier molecular flexibility index (Phi) is 16.3. The SMILES string of the molecule is CCCCCCCCCCC(CCCCCCCC)COc1ccc(C#N)c(C#N)c1. The maximum absolute atomic E-state index is 9.23. The summed E-state index contributed by atoms with van der Waals surface area (Å²) in [6, 6.07) is 9.37. The van der Waals surface area contributed by atoms with Gasteiger partial charge in [-0.2, -0.15) is 10.5 Å². The van der Waals surface area contributed by atoms with Gasteiger partial charge in [0.05, 0.1) is 17.7 Å². The van der Waals surface area contributed by atoms with Crippen molar-refractivity contribution in [2.75, 3.05) is 6.61 Å². The van der Waals surface area contributed by atoms with E-state index >= 15 is 0 Å². The second kappa shape index (κ2) is 18.7. The van der Waals surface area contributed by atoms with Crippen molar-refractivity contribution in [2.24, 2.45) is 5.92 Å². The molecule has 1 unspecified atom stereocenters. The molecule has 0 aliphatic rings. The number of benzene rings is 1. The number of nitrogens with zero attached hydrogens (tertiary/aromatic N) is 2. The molecule has 0 N–H and O–H groups in total. The van der Waals surface area contributed by atoms with Crippen molar-refractivity contribution >= 4 is 0 Å². The molecule has 0 bridgehead atoms. The average molecular weight is 425 g/mol. The van der Waals surface area contributed by atoms with Gasteiger partial charge >= 0.3 is 0 Å². The average Bonchev–Trinajstić information content (AvgIpc) is 2.80. The number of hydrogen-bond acceptors (Lipinski definition) is 3. The standard InChI is InChI=1S/C28H44N2O/c1-3-5-7-9-11-12-14-16-18-25(17-15-13-10-8-6-4-2)24-31-28-20-19-26(22-29)27(21-28)23-30/h19-21,25H,3-18,24H2,1-2H3. The Labute approximate surface area is 191 Å². The lowest BCUT2D eigenvalue weighted by atomic mass is 9.94. The van der Waals surface area contributed by atoms with E-state index in [1.54, 1.807) is 12.1 Å². The van der Waals surface area contributed by atoms with E-state index in [0.717, 1.165) is 0 Å². The predicted molar refractivity (Wildman–Crippen MR) is 130 cm³/mol. The minimum atomic E-state index is 0.399. The van der Waals surface area contributed by atoms with E-state index in [1.165, 1.54) is 103 Å². The lowest BCUT2D eigenvalue weighted by molar-refractivity contribution is 0.224. The molecule has 0 aliphatic carbocycles. The smallest absolute Gasteiger partial charge is 0.120 e. The van der Waals surface area contributed by atoms with Crippen LogP contribution in [0.15, 0.2) is 18.2 Å². The Hall–Kier alpha value is -2.00. The summed E-state index contributed by atoms with van der Waals surface area (Å²) in [5, 5.41) is 18.3. The first-order chi connectivity index (χ1) is 15.2. The highest BCUT2D eigenvalue weighted by Crippen LogP contribution is 2.23. The van der Waals surface area contributed by atoms with Crippen molar-refractivity contribution in [2.45, 2.75) is 117 Å². The third-order valence-corrected chi connectivity index (χ3v) is 6.15. The fraction of sp³-hybridized carbons (Fsp3) is 0.714. The second-order valence-electron chi connectivity index (χ2n) is 8.93. The lowest BCUT2D eigenvalue weighted by Gasteiger charge is -2.18. The summed E-state index contributed by atoms with van der Waals surface area (Å²) in [6.45, 7) is 5.24. The van der Waals surface area contributed by atoms with E-state index < -0.39 is 0 Å². The fourth-order valence-corrected chi connectivity index (χ4v) is 4.11. The zero-order chi connectivity index (χ0) is 22.6. The third kappa shape index (κ3) is 13.1. The van der Waals surface area contributed by atoms with Gasteiger partial charge in [0.25, 0.3) is 0 Å². The van der Waals surface area contributed by atoms with Crippen molar-refractivity contribution in [3.63, 3.8) is 0 Å². The van der Waals surface area contributed by atoms with E-state index in [-0.39, 0.29) is 0 Å². The topological polar surface area (TPSA) is 56.8 Å². The van der Waals surface area contributed by atoms with Gasteiger partial charge in [0.2, 0.25) is 0 Å².